The number of carbonyl (C=O) groups is 1. The van der Waals surface area contributed by atoms with Crippen molar-refractivity contribution in [1.29, 1.82) is 0 Å². The fourth-order valence-electron chi connectivity index (χ4n) is 1.99. The van der Waals surface area contributed by atoms with Crippen LogP contribution in [0.25, 0.3) is 0 Å². The average Bonchev–Trinajstić information content (AvgIpc) is 2.65. The minimum atomic E-state index is -0.275. The highest BCUT2D eigenvalue weighted by Gasteiger charge is 2.29. The van der Waals surface area contributed by atoms with E-state index < -0.39 is 0 Å². The molecule has 15 heavy (non-hydrogen) atoms. The van der Waals surface area contributed by atoms with Gasteiger partial charge < -0.3 is 16.4 Å². The van der Waals surface area contributed by atoms with Crippen molar-refractivity contribution in [2.24, 2.45) is 5.73 Å². The maximum Gasteiger partial charge on any atom is 0.240 e. The van der Waals surface area contributed by atoms with Gasteiger partial charge in [-0.1, -0.05) is 0 Å². The quantitative estimate of drug-likeness (QED) is 0.719. The zero-order chi connectivity index (χ0) is 10.8. The predicted molar refractivity (Wildman–Crippen MR) is 58.2 cm³/mol. The summed E-state index contributed by atoms with van der Waals surface area (Å²) in [5, 5.41) is 0. The second kappa shape index (κ2) is 3.76. The Hall–Kier alpha value is -1.78. The summed E-state index contributed by atoms with van der Waals surface area (Å²) in [4.78, 5) is 17.1. The van der Waals surface area contributed by atoms with E-state index >= 15 is 0 Å². The molecule has 80 valence electrons. The predicted octanol–water partition coefficient (Wildman–Crippen LogP) is 0.118. The zero-order valence-corrected chi connectivity index (χ0v) is 8.39. The first-order valence-corrected chi connectivity index (χ1v) is 4.96. The van der Waals surface area contributed by atoms with Gasteiger partial charge in [0, 0.05) is 24.5 Å². The van der Waals surface area contributed by atoms with Gasteiger partial charge in [0.1, 0.15) is 11.9 Å². The highest BCUT2D eigenvalue weighted by Crippen LogP contribution is 2.25. The van der Waals surface area contributed by atoms with E-state index in [9.17, 15) is 4.79 Å². The molecule has 4 N–H and O–H groups in total. The number of nitrogen functional groups attached to an aromatic ring is 1. The minimum absolute atomic E-state index is 0.202. The standard InChI is InChI=1S/C10H14N4O/c11-9-6-7(3-4-13-9)14-5-1-2-8(14)10(12)15/h3-4,6,8H,1-2,5H2,(H2,11,13)(H2,12,15). The molecule has 1 aromatic rings. The van der Waals surface area contributed by atoms with E-state index in [0.29, 0.717) is 5.82 Å². The molecule has 1 unspecified atom stereocenters. The topological polar surface area (TPSA) is 85.2 Å². The summed E-state index contributed by atoms with van der Waals surface area (Å²) < 4.78 is 0. The number of hydrogen-bond donors (Lipinski definition) is 2. The summed E-state index contributed by atoms with van der Waals surface area (Å²) in [6.07, 6.45) is 3.44. The van der Waals surface area contributed by atoms with Gasteiger partial charge in [-0.05, 0) is 18.9 Å². The molecule has 5 heteroatoms. The summed E-state index contributed by atoms with van der Waals surface area (Å²) >= 11 is 0. The van der Waals surface area contributed by atoms with Gasteiger partial charge in [0.2, 0.25) is 5.91 Å². The fraction of sp³-hybridized carbons (Fsp3) is 0.400. The molecule has 0 aromatic carbocycles. The fourth-order valence-corrected chi connectivity index (χ4v) is 1.99. The van der Waals surface area contributed by atoms with Gasteiger partial charge in [0.05, 0.1) is 0 Å². The minimum Gasteiger partial charge on any atom is -0.384 e. The lowest BCUT2D eigenvalue weighted by molar-refractivity contribution is -0.119. The SMILES string of the molecule is NC(=O)C1CCCN1c1ccnc(N)c1. The highest BCUT2D eigenvalue weighted by molar-refractivity contribution is 5.84. The number of amides is 1. The molecule has 0 spiro atoms. The number of rotatable bonds is 2. The highest BCUT2D eigenvalue weighted by atomic mass is 16.1. The van der Waals surface area contributed by atoms with Crippen LogP contribution in [-0.2, 0) is 4.79 Å². The van der Waals surface area contributed by atoms with E-state index in [1.165, 1.54) is 0 Å². The Morgan fingerprint density at radius 1 is 1.60 bits per heavy atom. The molecular weight excluding hydrogens is 192 g/mol. The van der Waals surface area contributed by atoms with E-state index in [2.05, 4.69) is 4.98 Å². The second-order valence-corrected chi connectivity index (χ2v) is 3.69. The first-order chi connectivity index (χ1) is 7.18. The molecule has 0 radical (unpaired) electrons. The molecule has 1 atom stereocenters. The number of primary amides is 1. The molecule has 0 bridgehead atoms. The molecule has 1 amide bonds. The van der Waals surface area contributed by atoms with Gasteiger partial charge in [-0.15, -0.1) is 0 Å². The van der Waals surface area contributed by atoms with Crippen LogP contribution in [0.1, 0.15) is 12.8 Å². The van der Waals surface area contributed by atoms with Crippen LogP contribution in [0.3, 0.4) is 0 Å². The van der Waals surface area contributed by atoms with Gasteiger partial charge in [-0.25, -0.2) is 4.98 Å². The van der Waals surface area contributed by atoms with Crippen molar-refractivity contribution in [3.05, 3.63) is 18.3 Å². The van der Waals surface area contributed by atoms with Crippen LogP contribution in [0.5, 0.6) is 0 Å². The Bertz CT molecular complexity index is 379. The molecule has 1 fully saturated rings. The molecule has 0 aliphatic carbocycles. The third-order valence-corrected chi connectivity index (χ3v) is 2.68. The molecule has 5 nitrogen and oxygen atoms in total. The zero-order valence-electron chi connectivity index (χ0n) is 8.39. The number of nitrogens with two attached hydrogens (primary N) is 2. The van der Waals surface area contributed by atoms with E-state index in [4.69, 9.17) is 11.5 Å². The van der Waals surface area contributed by atoms with Crippen molar-refractivity contribution < 1.29 is 4.79 Å². The maximum absolute atomic E-state index is 11.2. The lowest BCUT2D eigenvalue weighted by atomic mass is 10.2. The molecule has 2 rings (SSSR count). The summed E-state index contributed by atoms with van der Waals surface area (Å²) in [6, 6.07) is 3.41. The number of anilines is 2. The summed E-state index contributed by atoms with van der Waals surface area (Å²) in [6.45, 7) is 0.844. The number of carbonyl (C=O) groups excluding carboxylic acids is 1. The molecule has 1 aliphatic heterocycles. The molecule has 1 saturated heterocycles. The maximum atomic E-state index is 11.2. The first kappa shape index (κ1) is 9.76. The van der Waals surface area contributed by atoms with Crippen LogP contribution in [0.15, 0.2) is 18.3 Å². The van der Waals surface area contributed by atoms with Crippen molar-refractivity contribution in [2.45, 2.75) is 18.9 Å². The molecular formula is C10H14N4O. The van der Waals surface area contributed by atoms with Crippen LogP contribution in [0.4, 0.5) is 11.5 Å². The third-order valence-electron chi connectivity index (χ3n) is 2.68. The van der Waals surface area contributed by atoms with E-state index in [1.54, 1.807) is 12.3 Å². The lowest BCUT2D eigenvalue weighted by Gasteiger charge is -2.24. The lowest BCUT2D eigenvalue weighted by Crippen LogP contribution is -2.40. The van der Waals surface area contributed by atoms with Crippen LogP contribution >= 0.6 is 0 Å². The summed E-state index contributed by atoms with van der Waals surface area (Å²) in [5.41, 5.74) is 11.9. The third kappa shape index (κ3) is 1.86. The smallest absolute Gasteiger partial charge is 0.240 e. The van der Waals surface area contributed by atoms with E-state index in [-0.39, 0.29) is 11.9 Å². The number of aromatic nitrogens is 1. The van der Waals surface area contributed by atoms with Crippen molar-refractivity contribution in [3.63, 3.8) is 0 Å². The number of pyridine rings is 1. The first-order valence-electron chi connectivity index (χ1n) is 4.96. The van der Waals surface area contributed by atoms with Crippen molar-refractivity contribution in [1.82, 2.24) is 4.98 Å². The largest absolute Gasteiger partial charge is 0.384 e. The second-order valence-electron chi connectivity index (χ2n) is 3.69. The summed E-state index contributed by atoms with van der Waals surface area (Å²) in [7, 11) is 0. The van der Waals surface area contributed by atoms with Gasteiger partial charge >= 0.3 is 0 Å². The molecule has 0 saturated carbocycles. The van der Waals surface area contributed by atoms with Crippen LogP contribution < -0.4 is 16.4 Å². The normalized spacial score (nSPS) is 20.5. The molecule has 1 aromatic heterocycles. The van der Waals surface area contributed by atoms with Gasteiger partial charge in [0.15, 0.2) is 0 Å². The Morgan fingerprint density at radius 2 is 2.40 bits per heavy atom. The summed E-state index contributed by atoms with van der Waals surface area (Å²) in [5.74, 6) is 0.186. The average molecular weight is 206 g/mol. The Morgan fingerprint density at radius 3 is 3.07 bits per heavy atom. The van der Waals surface area contributed by atoms with Crippen molar-refractivity contribution in [3.8, 4) is 0 Å². The van der Waals surface area contributed by atoms with Gasteiger partial charge in [-0.3, -0.25) is 4.79 Å². The van der Waals surface area contributed by atoms with Crippen molar-refractivity contribution in [2.75, 3.05) is 17.2 Å². The van der Waals surface area contributed by atoms with Gasteiger partial charge in [0.25, 0.3) is 0 Å². The van der Waals surface area contributed by atoms with Crippen LogP contribution in [-0.4, -0.2) is 23.5 Å². The van der Waals surface area contributed by atoms with Crippen molar-refractivity contribution >= 4 is 17.4 Å². The number of hydrogen-bond acceptors (Lipinski definition) is 4. The monoisotopic (exact) mass is 206 g/mol. The van der Waals surface area contributed by atoms with E-state index in [0.717, 1.165) is 25.1 Å². The number of nitrogens with zero attached hydrogens (tertiary/aromatic N) is 2. The van der Waals surface area contributed by atoms with Crippen LogP contribution in [0.2, 0.25) is 0 Å². The molecule has 1 aliphatic rings. The Kier molecular flexibility index (Phi) is 2.45. The Balaban J connectivity index is 2.26. The van der Waals surface area contributed by atoms with Gasteiger partial charge in [-0.2, -0.15) is 0 Å². The van der Waals surface area contributed by atoms with Crippen LogP contribution in [0, 0.1) is 0 Å². The Labute approximate surface area is 88.1 Å². The van der Waals surface area contributed by atoms with E-state index in [1.807, 2.05) is 11.0 Å². The molecule has 2 heterocycles.